The molecule has 0 spiro atoms. The van der Waals surface area contributed by atoms with E-state index in [0.29, 0.717) is 19.1 Å². The SMILES string of the molecule is CC(=C/COCc1ccccc1)/C=C/C=C/C(O)[C@@H](C)C[C@@H](C)CO[Si](C)(C)C(C)(C)C. The maximum Gasteiger partial charge on any atom is 0.191 e. The fourth-order valence-corrected chi connectivity index (χ4v) is 4.13. The molecule has 0 radical (unpaired) electrons. The predicted octanol–water partition coefficient (Wildman–Crippen LogP) is 7.31. The van der Waals surface area contributed by atoms with Crippen LogP contribution in [-0.4, -0.2) is 32.7 Å². The Morgan fingerprint density at radius 2 is 1.75 bits per heavy atom. The Morgan fingerprint density at radius 1 is 1.09 bits per heavy atom. The van der Waals surface area contributed by atoms with E-state index in [2.05, 4.69) is 72.8 Å². The third kappa shape index (κ3) is 11.4. The molecule has 0 bridgehead atoms. The van der Waals surface area contributed by atoms with Gasteiger partial charge in [-0.15, -0.1) is 0 Å². The van der Waals surface area contributed by atoms with Gasteiger partial charge in [0.25, 0.3) is 0 Å². The molecule has 0 saturated heterocycles. The number of ether oxygens (including phenoxy) is 1. The van der Waals surface area contributed by atoms with Crippen molar-refractivity contribution in [1.82, 2.24) is 0 Å². The highest BCUT2D eigenvalue weighted by atomic mass is 28.4. The molecule has 3 nitrogen and oxygen atoms in total. The lowest BCUT2D eigenvalue weighted by molar-refractivity contribution is 0.131. The number of hydrogen-bond acceptors (Lipinski definition) is 3. The Morgan fingerprint density at radius 3 is 2.38 bits per heavy atom. The first-order valence-electron chi connectivity index (χ1n) is 11.9. The van der Waals surface area contributed by atoms with Crippen molar-refractivity contribution < 1.29 is 14.3 Å². The van der Waals surface area contributed by atoms with Gasteiger partial charge in [-0.3, -0.25) is 0 Å². The van der Waals surface area contributed by atoms with E-state index in [1.807, 2.05) is 42.5 Å². The first-order valence-corrected chi connectivity index (χ1v) is 14.8. The van der Waals surface area contributed by atoms with Crippen molar-refractivity contribution >= 4 is 8.32 Å². The molecular formula is C28H46O3Si. The summed E-state index contributed by atoms with van der Waals surface area (Å²) in [5, 5.41) is 10.7. The van der Waals surface area contributed by atoms with Crippen LogP contribution in [0.15, 0.2) is 66.3 Å². The lowest BCUT2D eigenvalue weighted by Crippen LogP contribution is -2.42. The molecule has 0 aliphatic carbocycles. The lowest BCUT2D eigenvalue weighted by Gasteiger charge is -2.37. The van der Waals surface area contributed by atoms with Crippen LogP contribution in [0.4, 0.5) is 0 Å². The molecule has 1 rings (SSSR count). The summed E-state index contributed by atoms with van der Waals surface area (Å²) in [4.78, 5) is 0. The van der Waals surface area contributed by atoms with E-state index in [1.54, 1.807) is 0 Å². The van der Waals surface area contributed by atoms with Gasteiger partial charge in [-0.05, 0) is 48.9 Å². The van der Waals surface area contributed by atoms with Crippen LogP contribution in [-0.2, 0) is 15.8 Å². The summed E-state index contributed by atoms with van der Waals surface area (Å²) in [6.45, 7) is 19.7. The van der Waals surface area contributed by atoms with Crippen molar-refractivity contribution in [2.24, 2.45) is 11.8 Å². The maximum absolute atomic E-state index is 10.5. The predicted molar refractivity (Wildman–Crippen MR) is 140 cm³/mol. The van der Waals surface area contributed by atoms with Gasteiger partial charge >= 0.3 is 0 Å². The minimum atomic E-state index is -1.71. The molecular weight excluding hydrogens is 412 g/mol. The summed E-state index contributed by atoms with van der Waals surface area (Å²) in [6.07, 6.45) is 10.4. The molecule has 1 unspecified atom stereocenters. The second-order valence-corrected chi connectivity index (χ2v) is 15.4. The van der Waals surface area contributed by atoms with Gasteiger partial charge in [0.2, 0.25) is 0 Å². The summed E-state index contributed by atoms with van der Waals surface area (Å²) in [7, 11) is -1.71. The van der Waals surface area contributed by atoms with E-state index in [4.69, 9.17) is 9.16 Å². The van der Waals surface area contributed by atoms with Crippen LogP contribution >= 0.6 is 0 Å². The van der Waals surface area contributed by atoms with Gasteiger partial charge in [-0.25, -0.2) is 0 Å². The minimum absolute atomic E-state index is 0.195. The van der Waals surface area contributed by atoms with Crippen molar-refractivity contribution in [3.8, 4) is 0 Å². The van der Waals surface area contributed by atoms with Gasteiger partial charge in [0.05, 0.1) is 19.3 Å². The van der Waals surface area contributed by atoms with Gasteiger partial charge < -0.3 is 14.3 Å². The van der Waals surface area contributed by atoms with Gasteiger partial charge in [-0.1, -0.05) is 101 Å². The molecule has 0 fully saturated rings. The van der Waals surface area contributed by atoms with Crippen LogP contribution in [0.2, 0.25) is 18.1 Å². The van der Waals surface area contributed by atoms with Gasteiger partial charge in [-0.2, -0.15) is 0 Å². The molecule has 4 heteroatoms. The number of hydrogen-bond donors (Lipinski definition) is 1. The van der Waals surface area contributed by atoms with Crippen molar-refractivity contribution in [1.29, 1.82) is 0 Å². The number of benzene rings is 1. The van der Waals surface area contributed by atoms with E-state index < -0.39 is 14.4 Å². The Bertz CT molecular complexity index is 729. The summed E-state index contributed by atoms with van der Waals surface area (Å²) in [5.74, 6) is 0.625. The Labute approximate surface area is 198 Å². The molecule has 1 aromatic rings. The lowest BCUT2D eigenvalue weighted by atomic mass is 9.93. The number of rotatable bonds is 13. The van der Waals surface area contributed by atoms with E-state index >= 15 is 0 Å². The monoisotopic (exact) mass is 458 g/mol. The van der Waals surface area contributed by atoms with E-state index in [1.165, 1.54) is 5.56 Å². The van der Waals surface area contributed by atoms with Crippen LogP contribution in [0.1, 0.15) is 53.5 Å². The quantitative estimate of drug-likeness (QED) is 0.191. The van der Waals surface area contributed by atoms with Gasteiger partial charge in [0.1, 0.15) is 0 Å². The molecule has 1 aromatic carbocycles. The molecule has 3 atom stereocenters. The zero-order valence-corrected chi connectivity index (χ0v) is 22.6. The maximum atomic E-state index is 10.5. The second-order valence-electron chi connectivity index (χ2n) is 10.6. The Hall–Kier alpha value is -1.46. The van der Waals surface area contributed by atoms with Crippen LogP contribution in [0.5, 0.6) is 0 Å². The summed E-state index contributed by atoms with van der Waals surface area (Å²) in [6, 6.07) is 10.2. The van der Waals surface area contributed by atoms with Crippen LogP contribution < -0.4 is 0 Å². The first kappa shape index (κ1) is 28.6. The molecule has 0 aliphatic heterocycles. The topological polar surface area (TPSA) is 38.7 Å². The van der Waals surface area contributed by atoms with Crippen LogP contribution in [0.3, 0.4) is 0 Å². The largest absolute Gasteiger partial charge is 0.417 e. The van der Waals surface area contributed by atoms with Crippen molar-refractivity contribution in [3.05, 3.63) is 71.8 Å². The minimum Gasteiger partial charge on any atom is -0.417 e. The molecule has 0 aliphatic rings. The molecule has 0 saturated carbocycles. The summed E-state index contributed by atoms with van der Waals surface area (Å²) >= 11 is 0. The highest BCUT2D eigenvalue weighted by Crippen LogP contribution is 2.37. The summed E-state index contributed by atoms with van der Waals surface area (Å²) in [5.41, 5.74) is 2.32. The Kier molecular flexibility index (Phi) is 12.4. The number of allylic oxidation sites excluding steroid dienone is 4. The normalized spacial score (nSPS) is 16.6. The van der Waals surface area contributed by atoms with Crippen molar-refractivity contribution in [2.75, 3.05) is 13.2 Å². The smallest absolute Gasteiger partial charge is 0.191 e. The molecule has 32 heavy (non-hydrogen) atoms. The van der Waals surface area contributed by atoms with Gasteiger partial charge in [0.15, 0.2) is 8.32 Å². The Balaban J connectivity index is 2.34. The van der Waals surface area contributed by atoms with Crippen molar-refractivity contribution in [3.63, 3.8) is 0 Å². The number of aliphatic hydroxyl groups is 1. The second kappa shape index (κ2) is 13.9. The summed E-state index contributed by atoms with van der Waals surface area (Å²) < 4.78 is 12.0. The van der Waals surface area contributed by atoms with Crippen LogP contribution in [0, 0.1) is 11.8 Å². The average Bonchev–Trinajstić information content (AvgIpc) is 2.72. The average molecular weight is 459 g/mol. The number of aliphatic hydroxyl groups excluding tert-OH is 1. The zero-order valence-electron chi connectivity index (χ0n) is 21.6. The third-order valence-electron chi connectivity index (χ3n) is 6.31. The molecule has 180 valence electrons. The molecule has 1 N–H and O–H groups in total. The van der Waals surface area contributed by atoms with E-state index in [0.717, 1.165) is 18.6 Å². The zero-order chi connectivity index (χ0) is 24.2. The van der Waals surface area contributed by atoms with Crippen LogP contribution in [0.25, 0.3) is 0 Å². The third-order valence-corrected chi connectivity index (χ3v) is 10.8. The first-order chi connectivity index (χ1) is 14.9. The van der Waals surface area contributed by atoms with Gasteiger partial charge in [0, 0.05) is 6.61 Å². The highest BCUT2D eigenvalue weighted by Gasteiger charge is 2.37. The molecule has 0 heterocycles. The molecule has 0 aromatic heterocycles. The fourth-order valence-electron chi connectivity index (χ4n) is 2.99. The molecule has 0 amide bonds. The highest BCUT2D eigenvalue weighted by molar-refractivity contribution is 6.74. The van der Waals surface area contributed by atoms with E-state index in [9.17, 15) is 5.11 Å². The fraction of sp³-hybridized carbons (Fsp3) is 0.571. The van der Waals surface area contributed by atoms with Crippen molar-refractivity contribution in [2.45, 2.75) is 78.8 Å². The van der Waals surface area contributed by atoms with E-state index in [-0.39, 0.29) is 11.0 Å². The standard InChI is InChI=1S/C28H46O3Si/c1-23(18-19-30-22-26-15-10-9-11-16-26)14-12-13-17-27(29)25(3)20-24(2)21-31-32(7,8)28(4,5)6/h9-18,24-25,27,29H,19-22H2,1-8H3/b14-12+,17-13+,23-18-/t24-,25+,27?/m1/s1.